The Morgan fingerprint density at radius 1 is 1.11 bits per heavy atom. The Kier molecular flexibility index (Phi) is 1.40. The van der Waals surface area contributed by atoms with Gasteiger partial charge in [0.25, 0.3) is 0 Å². The third-order valence-electron chi connectivity index (χ3n) is 1.20. The van der Waals surface area contributed by atoms with Gasteiger partial charge < -0.3 is 0 Å². The molecule has 0 aromatic carbocycles. The second-order valence-corrected chi connectivity index (χ2v) is 5.68. The monoisotopic (exact) mass is 168 g/mol. The SMILES string of the molecule is O=P12OCP(CO1)CO2. The summed E-state index contributed by atoms with van der Waals surface area (Å²) in [4.78, 5) is 0. The average Bonchev–Trinajstić information content (AvgIpc) is 1.90. The van der Waals surface area contributed by atoms with Crippen LogP contribution in [0.4, 0.5) is 0 Å². The third-order valence-corrected chi connectivity index (χ3v) is 4.63. The highest BCUT2D eigenvalue weighted by Crippen LogP contribution is 2.65. The molecule has 9 heavy (non-hydrogen) atoms. The molecule has 0 atom stereocenters. The maximum atomic E-state index is 11.0. The van der Waals surface area contributed by atoms with Crippen molar-refractivity contribution < 1.29 is 18.1 Å². The number of rotatable bonds is 0. The first-order chi connectivity index (χ1) is 4.29. The Balaban J connectivity index is 2.20. The molecule has 3 aliphatic rings. The van der Waals surface area contributed by atoms with Gasteiger partial charge in [0.15, 0.2) is 0 Å². The quantitative estimate of drug-likeness (QED) is 0.514. The Labute approximate surface area is 53.8 Å². The molecule has 0 saturated carbocycles. The highest BCUT2D eigenvalue weighted by molar-refractivity contribution is 7.62. The van der Waals surface area contributed by atoms with Crippen LogP contribution in [0.5, 0.6) is 0 Å². The molecule has 3 rings (SSSR count). The van der Waals surface area contributed by atoms with Crippen molar-refractivity contribution in [1.82, 2.24) is 0 Å². The van der Waals surface area contributed by atoms with Crippen molar-refractivity contribution in [3.63, 3.8) is 0 Å². The molecule has 6 heteroatoms. The van der Waals surface area contributed by atoms with E-state index in [0.29, 0.717) is 19.0 Å². The summed E-state index contributed by atoms with van der Waals surface area (Å²) in [6.45, 7) is 0. The second kappa shape index (κ2) is 2.01. The Morgan fingerprint density at radius 2 is 1.56 bits per heavy atom. The van der Waals surface area contributed by atoms with Crippen molar-refractivity contribution in [2.24, 2.45) is 0 Å². The fourth-order valence-corrected chi connectivity index (χ4v) is 4.78. The molecule has 3 saturated heterocycles. The summed E-state index contributed by atoms with van der Waals surface area (Å²) in [5.74, 6) is 0. The van der Waals surface area contributed by atoms with Crippen LogP contribution in [0.3, 0.4) is 0 Å². The van der Waals surface area contributed by atoms with Crippen molar-refractivity contribution >= 4 is 15.7 Å². The van der Waals surface area contributed by atoms with E-state index in [1.807, 2.05) is 0 Å². The second-order valence-electron chi connectivity index (χ2n) is 1.89. The molecule has 0 aromatic rings. The number of hydrogen-bond donors (Lipinski definition) is 0. The Hall–Kier alpha value is 0.540. The van der Waals surface area contributed by atoms with Gasteiger partial charge in [-0.2, -0.15) is 0 Å². The van der Waals surface area contributed by atoms with E-state index in [1.165, 1.54) is 0 Å². The minimum absolute atomic E-state index is 0.274. The van der Waals surface area contributed by atoms with E-state index in [0.717, 1.165) is 0 Å². The van der Waals surface area contributed by atoms with E-state index in [-0.39, 0.29) is 7.92 Å². The maximum absolute atomic E-state index is 11.0. The molecule has 4 nitrogen and oxygen atoms in total. The van der Waals surface area contributed by atoms with Gasteiger partial charge in [-0.25, -0.2) is 4.57 Å². The van der Waals surface area contributed by atoms with Crippen molar-refractivity contribution in [3.8, 4) is 0 Å². The molecular formula is C3H6O4P2. The lowest BCUT2D eigenvalue weighted by molar-refractivity contribution is 0.123. The Morgan fingerprint density at radius 3 is 1.78 bits per heavy atom. The summed E-state index contributed by atoms with van der Waals surface area (Å²) in [5.41, 5.74) is 0. The molecule has 0 amide bonds. The molecule has 0 aromatic heterocycles. The summed E-state index contributed by atoms with van der Waals surface area (Å²) in [6.07, 6.45) is 1.77. The summed E-state index contributed by atoms with van der Waals surface area (Å²) >= 11 is 0. The highest BCUT2D eigenvalue weighted by atomic mass is 31.2. The van der Waals surface area contributed by atoms with Gasteiger partial charge in [0, 0.05) is 0 Å². The predicted octanol–water partition coefficient (Wildman–Crippen LogP) is 1.53. The number of phosphoric acid groups is 1. The van der Waals surface area contributed by atoms with Gasteiger partial charge in [0.1, 0.15) is 0 Å². The van der Waals surface area contributed by atoms with E-state index < -0.39 is 7.82 Å². The molecule has 0 aliphatic carbocycles. The van der Waals surface area contributed by atoms with Gasteiger partial charge in [-0.3, -0.25) is 13.6 Å². The van der Waals surface area contributed by atoms with Gasteiger partial charge in [0.2, 0.25) is 0 Å². The topological polar surface area (TPSA) is 44.8 Å². The van der Waals surface area contributed by atoms with Crippen LogP contribution in [0.15, 0.2) is 0 Å². The lowest BCUT2D eigenvalue weighted by Crippen LogP contribution is -2.17. The molecule has 3 fully saturated rings. The maximum Gasteiger partial charge on any atom is 0.475 e. The Bertz CT molecular complexity index is 141. The zero-order chi connectivity index (χ0) is 6.32. The van der Waals surface area contributed by atoms with Gasteiger partial charge >= 0.3 is 7.82 Å². The van der Waals surface area contributed by atoms with Gasteiger partial charge in [-0.1, -0.05) is 0 Å². The molecule has 2 bridgehead atoms. The van der Waals surface area contributed by atoms with Crippen LogP contribution in [-0.4, -0.2) is 19.0 Å². The van der Waals surface area contributed by atoms with Crippen LogP contribution in [0.2, 0.25) is 0 Å². The minimum Gasteiger partial charge on any atom is -0.282 e. The predicted molar refractivity (Wildman–Crippen MR) is 32.4 cm³/mol. The van der Waals surface area contributed by atoms with Crippen LogP contribution in [0.25, 0.3) is 0 Å². The lowest BCUT2D eigenvalue weighted by atomic mass is 11.6. The third kappa shape index (κ3) is 1.06. The molecule has 3 heterocycles. The van der Waals surface area contributed by atoms with E-state index >= 15 is 0 Å². The number of fused-ring (bicyclic) bond motifs is 3. The van der Waals surface area contributed by atoms with E-state index in [4.69, 9.17) is 13.6 Å². The minimum atomic E-state index is -3.01. The largest absolute Gasteiger partial charge is 0.475 e. The molecule has 0 N–H and O–H groups in total. The smallest absolute Gasteiger partial charge is 0.282 e. The number of hydrogen-bond acceptors (Lipinski definition) is 4. The van der Waals surface area contributed by atoms with Crippen molar-refractivity contribution in [1.29, 1.82) is 0 Å². The van der Waals surface area contributed by atoms with Crippen molar-refractivity contribution in [2.45, 2.75) is 0 Å². The van der Waals surface area contributed by atoms with Crippen LogP contribution < -0.4 is 0 Å². The first-order valence-electron chi connectivity index (χ1n) is 2.55. The van der Waals surface area contributed by atoms with Crippen molar-refractivity contribution in [3.05, 3.63) is 0 Å². The fourth-order valence-electron chi connectivity index (χ4n) is 0.681. The summed E-state index contributed by atoms with van der Waals surface area (Å²) in [7, 11) is -3.29. The highest BCUT2D eigenvalue weighted by Gasteiger charge is 2.40. The van der Waals surface area contributed by atoms with E-state index in [1.54, 1.807) is 0 Å². The standard InChI is InChI=1S/C3H6O4P2/c4-9-5-1-8(2-6-9)3-7-9/h1-3H2. The fraction of sp³-hybridized carbons (Fsp3) is 1.00. The van der Waals surface area contributed by atoms with Crippen LogP contribution in [0.1, 0.15) is 0 Å². The van der Waals surface area contributed by atoms with Gasteiger partial charge in [0.05, 0.1) is 19.0 Å². The molecule has 52 valence electrons. The van der Waals surface area contributed by atoms with Gasteiger partial charge in [-0.05, 0) is 7.92 Å². The summed E-state index contributed by atoms with van der Waals surface area (Å²) < 4.78 is 25.4. The number of phosphoric ester groups is 1. The first-order valence-corrected chi connectivity index (χ1v) is 5.90. The molecule has 0 unspecified atom stereocenters. The summed E-state index contributed by atoms with van der Waals surface area (Å²) in [5, 5.41) is 0. The average molecular weight is 168 g/mol. The van der Waals surface area contributed by atoms with E-state index in [9.17, 15) is 4.57 Å². The molecular weight excluding hydrogens is 162 g/mol. The molecule has 3 aliphatic heterocycles. The van der Waals surface area contributed by atoms with Gasteiger partial charge in [-0.15, -0.1) is 0 Å². The molecule has 0 radical (unpaired) electrons. The van der Waals surface area contributed by atoms with Crippen LogP contribution in [-0.2, 0) is 18.1 Å². The zero-order valence-electron chi connectivity index (χ0n) is 4.65. The van der Waals surface area contributed by atoms with E-state index in [2.05, 4.69) is 0 Å². The van der Waals surface area contributed by atoms with Crippen LogP contribution in [0, 0.1) is 0 Å². The normalized spacial score (nSPS) is 49.6. The first kappa shape index (κ1) is 6.26. The van der Waals surface area contributed by atoms with Crippen molar-refractivity contribution in [2.75, 3.05) is 19.0 Å². The molecule has 0 spiro atoms. The summed E-state index contributed by atoms with van der Waals surface area (Å²) in [6, 6.07) is 0. The zero-order valence-corrected chi connectivity index (χ0v) is 6.44. The van der Waals surface area contributed by atoms with Crippen LogP contribution >= 0.6 is 15.7 Å². The lowest BCUT2D eigenvalue weighted by Gasteiger charge is -2.34.